The number of halogens is 1. The minimum atomic E-state index is -1.57. The number of nitrogens with zero attached hydrogens (tertiary/aromatic N) is 2. The van der Waals surface area contributed by atoms with E-state index in [0.29, 0.717) is 12.2 Å². The number of rotatable bonds is 11. The molecule has 5 rings (SSSR count). The summed E-state index contributed by atoms with van der Waals surface area (Å²) < 4.78 is 35.3. The highest BCUT2D eigenvalue weighted by atomic mass is 19.1. The van der Waals surface area contributed by atoms with E-state index in [1.807, 2.05) is 97.9 Å². The fourth-order valence-electron chi connectivity index (χ4n) is 5.17. The van der Waals surface area contributed by atoms with Crippen molar-refractivity contribution in [2.24, 2.45) is 0 Å². The fraction of sp³-hybridized carbons (Fsp3) is 0.250. The molecule has 0 saturated carbocycles. The molecule has 1 heterocycles. The van der Waals surface area contributed by atoms with Gasteiger partial charge >= 0.3 is 5.69 Å². The first-order valence-corrected chi connectivity index (χ1v) is 13.2. The first kappa shape index (κ1) is 27.5. The minimum absolute atomic E-state index is 0.0313. The molecule has 0 saturated heterocycles. The maximum atomic E-state index is 16.0. The summed E-state index contributed by atoms with van der Waals surface area (Å²) in [5.41, 5.74) is 7.35. The van der Waals surface area contributed by atoms with Gasteiger partial charge in [-0.25, -0.2) is 9.18 Å². The van der Waals surface area contributed by atoms with Crippen LogP contribution < -0.4 is 11.4 Å². The predicted octanol–water partition coefficient (Wildman–Crippen LogP) is 5.03. The zero-order valence-corrected chi connectivity index (χ0v) is 22.2. The van der Waals surface area contributed by atoms with Crippen LogP contribution in [0.2, 0.25) is 0 Å². The number of hydrogen-bond donors (Lipinski definition) is 1. The summed E-state index contributed by atoms with van der Waals surface area (Å²) in [7, 11) is 0. The number of alkyl halides is 1. The predicted molar refractivity (Wildman–Crippen MR) is 151 cm³/mol. The van der Waals surface area contributed by atoms with Crippen LogP contribution in [-0.4, -0.2) is 41.8 Å². The molecule has 2 N–H and O–H groups in total. The standard InChI is InChI=1S/C32H32FN3O4/c1-2-38-22-39-30-23(20-27(29(30)33)36-19-18-28(34)35-31(36)37)21-40-32(24-12-6-3-7-13-24,25-14-8-4-9-15-25)26-16-10-5-11-17-26/h3-20,27,29-30H,2,21-22H2,1H3,(H2,34,35,37)/t27-,29?,30+/m1/s1. The van der Waals surface area contributed by atoms with Crippen molar-refractivity contribution in [3.63, 3.8) is 0 Å². The van der Waals surface area contributed by atoms with E-state index in [0.717, 1.165) is 16.7 Å². The molecule has 1 aliphatic rings. The van der Waals surface area contributed by atoms with E-state index < -0.39 is 29.6 Å². The highest BCUT2D eigenvalue weighted by molar-refractivity contribution is 5.47. The van der Waals surface area contributed by atoms with Gasteiger partial charge in [-0.05, 0) is 35.3 Å². The third-order valence-electron chi connectivity index (χ3n) is 7.07. The molecular formula is C32H32FN3O4. The number of allylic oxidation sites excluding steroid dienone is 1. The molecule has 1 unspecified atom stereocenters. The molecule has 1 aliphatic carbocycles. The molecule has 0 radical (unpaired) electrons. The Bertz CT molecular complexity index is 1380. The van der Waals surface area contributed by atoms with Crippen LogP contribution in [-0.2, 0) is 19.8 Å². The third kappa shape index (κ3) is 5.47. The number of nitrogen functional groups attached to an aromatic ring is 1. The van der Waals surface area contributed by atoms with Crippen molar-refractivity contribution in [1.82, 2.24) is 9.55 Å². The van der Waals surface area contributed by atoms with Crippen LogP contribution in [0.15, 0.2) is 120 Å². The first-order chi connectivity index (χ1) is 19.5. The lowest BCUT2D eigenvalue weighted by Gasteiger charge is -2.36. The van der Waals surface area contributed by atoms with E-state index in [-0.39, 0.29) is 19.2 Å². The van der Waals surface area contributed by atoms with E-state index >= 15 is 4.39 Å². The molecule has 206 valence electrons. The monoisotopic (exact) mass is 541 g/mol. The smallest absolute Gasteiger partial charge is 0.350 e. The summed E-state index contributed by atoms with van der Waals surface area (Å²) in [5.74, 6) is 0.0738. The normalized spacial score (nSPS) is 18.9. The van der Waals surface area contributed by atoms with Gasteiger partial charge in [0, 0.05) is 12.8 Å². The summed E-state index contributed by atoms with van der Waals surface area (Å²) in [5, 5.41) is 0. The number of aromatic nitrogens is 2. The summed E-state index contributed by atoms with van der Waals surface area (Å²) in [6.45, 7) is 2.19. The van der Waals surface area contributed by atoms with Crippen molar-refractivity contribution in [3.05, 3.63) is 142 Å². The molecule has 0 fully saturated rings. The molecule has 40 heavy (non-hydrogen) atoms. The summed E-state index contributed by atoms with van der Waals surface area (Å²) >= 11 is 0. The molecule has 1 aromatic heterocycles. The minimum Gasteiger partial charge on any atom is -0.383 e. The number of ether oxygens (including phenoxy) is 3. The van der Waals surface area contributed by atoms with Crippen LogP contribution >= 0.6 is 0 Å². The lowest BCUT2D eigenvalue weighted by atomic mass is 9.80. The quantitative estimate of drug-likeness (QED) is 0.124. The van der Waals surface area contributed by atoms with Crippen molar-refractivity contribution in [2.45, 2.75) is 30.8 Å². The lowest BCUT2D eigenvalue weighted by Crippen LogP contribution is -2.37. The van der Waals surface area contributed by atoms with Gasteiger partial charge < -0.3 is 19.9 Å². The zero-order chi connectivity index (χ0) is 28.0. The Labute approximate surface area is 232 Å². The van der Waals surface area contributed by atoms with Crippen molar-refractivity contribution < 1.29 is 18.6 Å². The first-order valence-electron chi connectivity index (χ1n) is 13.2. The molecular weight excluding hydrogens is 509 g/mol. The van der Waals surface area contributed by atoms with E-state index in [9.17, 15) is 4.79 Å². The molecule has 0 aliphatic heterocycles. The number of anilines is 1. The molecule has 0 spiro atoms. The fourth-order valence-corrected chi connectivity index (χ4v) is 5.17. The average molecular weight is 542 g/mol. The third-order valence-corrected chi connectivity index (χ3v) is 7.07. The topological polar surface area (TPSA) is 88.6 Å². The van der Waals surface area contributed by atoms with Crippen LogP contribution in [0.4, 0.5) is 10.2 Å². The van der Waals surface area contributed by atoms with Crippen molar-refractivity contribution >= 4 is 5.82 Å². The largest absolute Gasteiger partial charge is 0.383 e. The van der Waals surface area contributed by atoms with E-state index in [2.05, 4.69) is 4.98 Å². The Morgan fingerprint density at radius 2 is 1.45 bits per heavy atom. The SMILES string of the molecule is CCOCO[C@H]1C(COC(c2ccccc2)(c2ccccc2)c2ccccc2)=C[C@@H](n2ccc(N)nc2=O)C1F. The van der Waals surface area contributed by atoms with Gasteiger partial charge in [0.15, 0.2) is 6.17 Å². The van der Waals surface area contributed by atoms with Crippen molar-refractivity contribution in [2.75, 3.05) is 25.7 Å². The Balaban J connectivity index is 1.58. The second kappa shape index (κ2) is 12.4. The van der Waals surface area contributed by atoms with Gasteiger partial charge in [0.25, 0.3) is 0 Å². The molecule has 3 atom stereocenters. The molecule has 0 bridgehead atoms. The lowest BCUT2D eigenvalue weighted by molar-refractivity contribution is -0.0994. The van der Waals surface area contributed by atoms with Gasteiger partial charge in [-0.3, -0.25) is 4.57 Å². The average Bonchev–Trinajstić information content (AvgIpc) is 3.30. The van der Waals surface area contributed by atoms with Gasteiger partial charge in [0.05, 0.1) is 12.6 Å². The zero-order valence-electron chi connectivity index (χ0n) is 22.2. The van der Waals surface area contributed by atoms with Gasteiger partial charge in [-0.1, -0.05) is 97.1 Å². The highest BCUT2D eigenvalue weighted by Crippen LogP contribution is 2.42. The summed E-state index contributed by atoms with van der Waals surface area (Å²) in [4.78, 5) is 16.4. The van der Waals surface area contributed by atoms with Gasteiger partial charge in [-0.2, -0.15) is 4.98 Å². The Morgan fingerprint density at radius 1 is 0.900 bits per heavy atom. The molecule has 8 heteroatoms. The van der Waals surface area contributed by atoms with Gasteiger partial charge in [-0.15, -0.1) is 0 Å². The molecule has 7 nitrogen and oxygen atoms in total. The maximum absolute atomic E-state index is 16.0. The van der Waals surface area contributed by atoms with E-state index in [1.165, 1.54) is 16.8 Å². The summed E-state index contributed by atoms with van der Waals surface area (Å²) in [6.07, 6.45) is 0.582. The van der Waals surface area contributed by atoms with Crippen LogP contribution in [0, 0.1) is 0 Å². The molecule has 4 aromatic rings. The Morgan fingerprint density at radius 3 is 1.95 bits per heavy atom. The summed E-state index contributed by atoms with van der Waals surface area (Å²) in [6, 6.07) is 30.3. The van der Waals surface area contributed by atoms with Crippen LogP contribution in [0.25, 0.3) is 0 Å². The van der Waals surface area contributed by atoms with Crippen LogP contribution in [0.5, 0.6) is 0 Å². The second-order valence-corrected chi connectivity index (χ2v) is 9.48. The van der Waals surface area contributed by atoms with Gasteiger partial charge in [0.2, 0.25) is 0 Å². The Hall–Kier alpha value is -4.11. The van der Waals surface area contributed by atoms with Crippen molar-refractivity contribution in [3.8, 4) is 0 Å². The van der Waals surface area contributed by atoms with E-state index in [1.54, 1.807) is 6.08 Å². The molecule has 3 aromatic carbocycles. The van der Waals surface area contributed by atoms with Crippen LogP contribution in [0.1, 0.15) is 29.7 Å². The van der Waals surface area contributed by atoms with E-state index in [4.69, 9.17) is 19.9 Å². The van der Waals surface area contributed by atoms with Gasteiger partial charge in [0.1, 0.15) is 24.3 Å². The number of hydrogen-bond acceptors (Lipinski definition) is 6. The van der Waals surface area contributed by atoms with Crippen molar-refractivity contribution in [1.29, 1.82) is 0 Å². The number of nitrogens with two attached hydrogens (primary N) is 1. The maximum Gasteiger partial charge on any atom is 0.350 e. The van der Waals surface area contributed by atoms with Crippen LogP contribution in [0.3, 0.4) is 0 Å². The Kier molecular flexibility index (Phi) is 8.50. The second-order valence-electron chi connectivity index (χ2n) is 9.48. The number of benzene rings is 3. The molecule has 0 amide bonds. The highest BCUT2D eigenvalue weighted by Gasteiger charge is 2.43.